The molecule has 0 aromatic heterocycles. The van der Waals surface area contributed by atoms with Gasteiger partial charge in [-0.25, -0.2) is 0 Å². The molecule has 1 atom stereocenters. The predicted octanol–water partition coefficient (Wildman–Crippen LogP) is 3.17. The van der Waals surface area contributed by atoms with Crippen molar-refractivity contribution < 1.29 is 9.59 Å². The number of carbonyl (C=O) groups is 2. The molecule has 0 saturated heterocycles. The Balaban J connectivity index is 2.01. The van der Waals surface area contributed by atoms with Crippen molar-refractivity contribution in [2.24, 2.45) is 5.92 Å². The summed E-state index contributed by atoms with van der Waals surface area (Å²) in [7, 11) is 0. The Morgan fingerprint density at radius 3 is 2.50 bits per heavy atom. The van der Waals surface area contributed by atoms with E-state index in [1.165, 1.54) is 0 Å². The van der Waals surface area contributed by atoms with Crippen molar-refractivity contribution in [3.63, 3.8) is 0 Å². The predicted molar refractivity (Wildman–Crippen MR) is 88.0 cm³/mol. The molecule has 4 nitrogen and oxygen atoms in total. The maximum Gasteiger partial charge on any atom is 0.314 e. The van der Waals surface area contributed by atoms with Gasteiger partial charge in [-0.15, -0.1) is 0 Å². The third-order valence-electron chi connectivity index (χ3n) is 3.26. The third-order valence-corrected chi connectivity index (χ3v) is 3.26. The van der Waals surface area contributed by atoms with Crippen molar-refractivity contribution in [3.05, 3.63) is 65.9 Å². The maximum atomic E-state index is 12.0. The number of allylic oxidation sites excluding steroid dienone is 5. The fourth-order valence-electron chi connectivity index (χ4n) is 2.27. The molecule has 1 aromatic carbocycles. The van der Waals surface area contributed by atoms with E-state index < -0.39 is 11.8 Å². The minimum absolute atomic E-state index is 0.464. The molecule has 22 heavy (non-hydrogen) atoms. The summed E-state index contributed by atoms with van der Waals surface area (Å²) >= 11 is 0. The second-order valence-electron chi connectivity index (χ2n) is 5.45. The quantitative estimate of drug-likeness (QED) is 0.824. The van der Waals surface area contributed by atoms with E-state index in [1.54, 1.807) is 30.3 Å². The molecule has 0 spiro atoms. The van der Waals surface area contributed by atoms with Crippen LogP contribution >= 0.6 is 0 Å². The van der Waals surface area contributed by atoms with Crippen molar-refractivity contribution >= 4 is 17.5 Å². The first-order valence-electron chi connectivity index (χ1n) is 7.27. The Morgan fingerprint density at radius 1 is 1.09 bits per heavy atom. The van der Waals surface area contributed by atoms with Gasteiger partial charge in [0.05, 0.1) is 0 Å². The number of rotatable bonds is 2. The molecule has 2 rings (SSSR count). The Hall–Kier alpha value is -2.62. The molecule has 2 amide bonds. The standard InChI is InChI=1S/C18H20N2O2/c1-13-7-6-10-16(12-14(2)11-13)20-18(22)17(21)19-15-8-4-3-5-9-15/h3-10,12-13H,11H2,1-2H3,(H,19,21)(H,20,22). The van der Waals surface area contributed by atoms with Crippen LogP contribution in [0.4, 0.5) is 5.69 Å². The van der Waals surface area contributed by atoms with Crippen molar-refractivity contribution in [1.82, 2.24) is 5.32 Å². The molecular weight excluding hydrogens is 276 g/mol. The Bertz CT molecular complexity index is 642. The summed E-state index contributed by atoms with van der Waals surface area (Å²) in [4.78, 5) is 23.9. The fraction of sp³-hybridized carbons (Fsp3) is 0.222. The lowest BCUT2D eigenvalue weighted by atomic mass is 9.99. The van der Waals surface area contributed by atoms with Gasteiger partial charge in [0.25, 0.3) is 0 Å². The van der Waals surface area contributed by atoms with E-state index in [0.717, 1.165) is 12.0 Å². The Labute approximate surface area is 130 Å². The van der Waals surface area contributed by atoms with Gasteiger partial charge in [-0.2, -0.15) is 0 Å². The molecule has 0 saturated carbocycles. The summed E-state index contributed by atoms with van der Waals surface area (Å²) in [6, 6.07) is 8.89. The molecule has 1 aliphatic carbocycles. The van der Waals surface area contributed by atoms with Crippen LogP contribution in [-0.2, 0) is 9.59 Å². The van der Waals surface area contributed by atoms with Crippen molar-refractivity contribution in [2.45, 2.75) is 20.3 Å². The van der Waals surface area contributed by atoms with Gasteiger partial charge in [-0.05, 0) is 43.5 Å². The summed E-state index contributed by atoms with van der Waals surface area (Å²) in [5.41, 5.74) is 2.37. The first-order chi connectivity index (χ1) is 10.5. The van der Waals surface area contributed by atoms with Crippen LogP contribution in [0.1, 0.15) is 20.3 Å². The molecule has 1 unspecified atom stereocenters. The first-order valence-corrected chi connectivity index (χ1v) is 7.27. The summed E-state index contributed by atoms with van der Waals surface area (Å²) < 4.78 is 0. The lowest BCUT2D eigenvalue weighted by Gasteiger charge is -2.12. The van der Waals surface area contributed by atoms with Crippen molar-refractivity contribution in [3.8, 4) is 0 Å². The topological polar surface area (TPSA) is 58.2 Å². The Morgan fingerprint density at radius 2 is 1.77 bits per heavy atom. The zero-order chi connectivity index (χ0) is 15.9. The van der Waals surface area contributed by atoms with E-state index in [0.29, 0.717) is 17.3 Å². The highest BCUT2D eigenvalue weighted by Crippen LogP contribution is 2.16. The fourth-order valence-corrected chi connectivity index (χ4v) is 2.27. The largest absolute Gasteiger partial charge is 0.318 e. The molecule has 0 aliphatic heterocycles. The van der Waals surface area contributed by atoms with Crippen LogP contribution in [0.5, 0.6) is 0 Å². The highest BCUT2D eigenvalue weighted by molar-refractivity contribution is 6.40. The van der Waals surface area contributed by atoms with Crippen LogP contribution in [0.25, 0.3) is 0 Å². The SMILES string of the molecule is CC1=CC(NC(=O)C(=O)Nc2ccccc2)=CC=CC(C)C1. The van der Waals surface area contributed by atoms with Gasteiger partial charge < -0.3 is 10.6 Å². The minimum Gasteiger partial charge on any atom is -0.318 e. The second-order valence-corrected chi connectivity index (χ2v) is 5.45. The molecule has 1 aliphatic rings. The lowest BCUT2D eigenvalue weighted by molar-refractivity contribution is -0.135. The molecule has 0 radical (unpaired) electrons. The van der Waals surface area contributed by atoms with Gasteiger partial charge >= 0.3 is 11.8 Å². The van der Waals surface area contributed by atoms with E-state index in [9.17, 15) is 9.59 Å². The van der Waals surface area contributed by atoms with Crippen LogP contribution in [0, 0.1) is 5.92 Å². The number of hydrogen-bond donors (Lipinski definition) is 2. The van der Waals surface area contributed by atoms with Gasteiger partial charge in [-0.3, -0.25) is 9.59 Å². The van der Waals surface area contributed by atoms with Crippen molar-refractivity contribution in [2.75, 3.05) is 5.32 Å². The van der Waals surface area contributed by atoms with Crippen LogP contribution in [0.15, 0.2) is 65.9 Å². The van der Waals surface area contributed by atoms with Crippen LogP contribution in [0.2, 0.25) is 0 Å². The van der Waals surface area contributed by atoms with Gasteiger partial charge in [0, 0.05) is 11.4 Å². The van der Waals surface area contributed by atoms with Gasteiger partial charge in [0.15, 0.2) is 0 Å². The van der Waals surface area contributed by atoms with Gasteiger partial charge in [-0.1, -0.05) is 42.8 Å². The number of benzene rings is 1. The minimum atomic E-state index is -0.683. The third kappa shape index (κ3) is 4.74. The van der Waals surface area contributed by atoms with E-state index >= 15 is 0 Å². The number of nitrogens with one attached hydrogen (secondary N) is 2. The zero-order valence-electron chi connectivity index (χ0n) is 12.8. The Kier molecular flexibility index (Phi) is 5.31. The molecule has 2 N–H and O–H groups in total. The number of anilines is 1. The molecular formula is C18H20N2O2. The number of amides is 2. The van der Waals surface area contributed by atoms with Crippen molar-refractivity contribution in [1.29, 1.82) is 0 Å². The summed E-state index contributed by atoms with van der Waals surface area (Å²) in [5, 5.41) is 5.19. The molecule has 0 fully saturated rings. The monoisotopic (exact) mass is 296 g/mol. The maximum absolute atomic E-state index is 12.0. The molecule has 0 heterocycles. The van der Waals surface area contributed by atoms with E-state index in [1.807, 2.05) is 25.1 Å². The smallest absolute Gasteiger partial charge is 0.314 e. The van der Waals surface area contributed by atoms with Crippen LogP contribution < -0.4 is 10.6 Å². The molecule has 114 valence electrons. The number of carbonyl (C=O) groups excluding carboxylic acids is 2. The average Bonchev–Trinajstić information content (AvgIpc) is 2.46. The average molecular weight is 296 g/mol. The second kappa shape index (κ2) is 7.41. The molecule has 0 bridgehead atoms. The zero-order valence-corrected chi connectivity index (χ0v) is 12.8. The lowest BCUT2D eigenvalue weighted by Crippen LogP contribution is -2.34. The first kappa shape index (κ1) is 15.8. The highest BCUT2D eigenvalue weighted by Gasteiger charge is 2.14. The van der Waals surface area contributed by atoms with Gasteiger partial charge in [0.1, 0.15) is 0 Å². The van der Waals surface area contributed by atoms with Crippen LogP contribution in [-0.4, -0.2) is 11.8 Å². The summed E-state index contributed by atoms with van der Waals surface area (Å²) in [5.74, 6) is -0.898. The summed E-state index contributed by atoms with van der Waals surface area (Å²) in [6.07, 6.45) is 8.60. The normalized spacial score (nSPS) is 17.6. The van der Waals surface area contributed by atoms with Gasteiger partial charge in [0.2, 0.25) is 0 Å². The van der Waals surface area contributed by atoms with E-state index in [-0.39, 0.29) is 0 Å². The van der Waals surface area contributed by atoms with E-state index in [4.69, 9.17) is 0 Å². The number of hydrogen-bond acceptors (Lipinski definition) is 2. The van der Waals surface area contributed by atoms with Crippen LogP contribution in [0.3, 0.4) is 0 Å². The number of para-hydroxylation sites is 1. The molecule has 1 aromatic rings. The van der Waals surface area contributed by atoms with E-state index in [2.05, 4.69) is 23.6 Å². The summed E-state index contributed by atoms with van der Waals surface area (Å²) in [6.45, 7) is 4.15. The highest BCUT2D eigenvalue weighted by atomic mass is 16.2. The molecule has 4 heteroatoms.